The highest BCUT2D eigenvalue weighted by atomic mass is 16.5. The van der Waals surface area contributed by atoms with Gasteiger partial charge in [0.15, 0.2) is 0 Å². The third-order valence-corrected chi connectivity index (χ3v) is 4.61. The highest BCUT2D eigenvalue weighted by Crippen LogP contribution is 2.24. The Bertz CT molecular complexity index is 721. The lowest BCUT2D eigenvalue weighted by Gasteiger charge is -2.41. The smallest absolute Gasteiger partial charge is 0.227 e. The van der Waals surface area contributed by atoms with Gasteiger partial charge in [-0.3, -0.25) is 4.79 Å². The van der Waals surface area contributed by atoms with Gasteiger partial charge in [0.05, 0.1) is 25.6 Å². The summed E-state index contributed by atoms with van der Waals surface area (Å²) in [5.74, 6) is 2.10. The van der Waals surface area contributed by atoms with E-state index in [0.717, 1.165) is 24.4 Å². The predicted octanol–water partition coefficient (Wildman–Crippen LogP) is 1.44. The fourth-order valence-electron chi connectivity index (χ4n) is 3.27. The van der Waals surface area contributed by atoms with Crippen molar-refractivity contribution in [2.75, 3.05) is 13.1 Å². The molecule has 4 rings (SSSR count). The molecule has 1 saturated heterocycles. The number of nitrogens with zero attached hydrogens (tertiary/aromatic N) is 4. The first-order valence-corrected chi connectivity index (χ1v) is 8.08. The molecule has 0 N–H and O–H groups in total. The molecule has 23 heavy (non-hydrogen) atoms. The number of amides is 1. The molecule has 0 saturated carbocycles. The molecule has 6 nitrogen and oxygen atoms in total. The van der Waals surface area contributed by atoms with Crippen molar-refractivity contribution in [2.24, 2.45) is 5.92 Å². The lowest BCUT2D eigenvalue weighted by molar-refractivity contribution is -0.145. The third-order valence-electron chi connectivity index (χ3n) is 4.61. The van der Waals surface area contributed by atoms with E-state index in [1.807, 2.05) is 40.8 Å². The number of likely N-dealkylation sites (tertiary alicyclic amines) is 1. The van der Waals surface area contributed by atoms with Gasteiger partial charge in [0, 0.05) is 6.42 Å². The monoisotopic (exact) mass is 312 g/mol. The van der Waals surface area contributed by atoms with Crippen molar-refractivity contribution in [3.8, 4) is 5.75 Å². The van der Waals surface area contributed by atoms with E-state index in [0.29, 0.717) is 19.6 Å². The molecular formula is C17H20N4O2. The van der Waals surface area contributed by atoms with Crippen molar-refractivity contribution in [1.29, 1.82) is 0 Å². The largest absolute Gasteiger partial charge is 0.487 e. The van der Waals surface area contributed by atoms with Crippen molar-refractivity contribution in [3.63, 3.8) is 0 Å². The summed E-state index contributed by atoms with van der Waals surface area (Å²) in [4.78, 5) is 18.7. The minimum atomic E-state index is 0.0177. The van der Waals surface area contributed by atoms with Crippen molar-refractivity contribution in [2.45, 2.75) is 32.4 Å². The first-order chi connectivity index (χ1) is 11.2. The van der Waals surface area contributed by atoms with Crippen molar-refractivity contribution < 1.29 is 9.53 Å². The van der Waals surface area contributed by atoms with Crippen molar-refractivity contribution in [1.82, 2.24) is 19.7 Å². The second kappa shape index (κ2) is 5.68. The van der Waals surface area contributed by atoms with Gasteiger partial charge in [-0.15, -0.1) is 0 Å². The lowest BCUT2D eigenvalue weighted by atomic mass is 9.96. The van der Waals surface area contributed by atoms with Crippen LogP contribution in [0.25, 0.3) is 0 Å². The number of rotatable bonds is 3. The lowest BCUT2D eigenvalue weighted by Crippen LogP contribution is -2.58. The fourth-order valence-corrected chi connectivity index (χ4v) is 3.27. The second-order valence-electron chi connectivity index (χ2n) is 6.39. The van der Waals surface area contributed by atoms with Gasteiger partial charge >= 0.3 is 0 Å². The maximum absolute atomic E-state index is 12.6. The van der Waals surface area contributed by atoms with Crippen LogP contribution in [0.15, 0.2) is 30.6 Å². The van der Waals surface area contributed by atoms with E-state index in [-0.39, 0.29) is 17.9 Å². The van der Waals surface area contributed by atoms with Gasteiger partial charge in [-0.25, -0.2) is 9.67 Å². The summed E-state index contributed by atoms with van der Waals surface area (Å²) in [5.41, 5.74) is 1.18. The number of hydrogen-bond acceptors (Lipinski definition) is 4. The zero-order valence-electron chi connectivity index (χ0n) is 13.2. The van der Waals surface area contributed by atoms with E-state index < -0.39 is 0 Å². The number of carbonyl (C=O) groups excluding carboxylic acids is 1. The Labute approximate surface area is 135 Å². The Morgan fingerprint density at radius 3 is 3.00 bits per heavy atom. The standard InChI is InChI=1S/C17H20N4O2/c1-12-3-2-4-14(7-12)23-15-9-20(10-15)17(22)13-5-6-16-18-11-19-21(16)8-13/h2-4,7,11,13,15H,5-6,8-10H2,1H3. The number of fused-ring (bicyclic) bond motifs is 1. The molecule has 1 aromatic carbocycles. The minimum absolute atomic E-state index is 0.0177. The Balaban J connectivity index is 1.31. The van der Waals surface area contributed by atoms with Gasteiger partial charge < -0.3 is 9.64 Å². The van der Waals surface area contributed by atoms with Gasteiger partial charge in [0.2, 0.25) is 5.91 Å². The van der Waals surface area contributed by atoms with E-state index >= 15 is 0 Å². The Hall–Kier alpha value is -2.37. The molecule has 120 valence electrons. The highest BCUT2D eigenvalue weighted by molar-refractivity contribution is 5.79. The Morgan fingerprint density at radius 1 is 1.30 bits per heavy atom. The molecule has 1 amide bonds. The molecule has 0 aliphatic carbocycles. The molecule has 6 heteroatoms. The molecule has 0 radical (unpaired) electrons. The molecule has 1 atom stereocenters. The molecule has 1 fully saturated rings. The number of benzene rings is 1. The maximum Gasteiger partial charge on any atom is 0.227 e. The highest BCUT2D eigenvalue weighted by Gasteiger charge is 2.37. The zero-order valence-corrected chi connectivity index (χ0v) is 13.2. The molecule has 1 unspecified atom stereocenters. The number of carbonyl (C=O) groups is 1. The second-order valence-corrected chi connectivity index (χ2v) is 6.39. The first kappa shape index (κ1) is 14.2. The maximum atomic E-state index is 12.6. The van der Waals surface area contributed by atoms with E-state index in [4.69, 9.17) is 4.74 Å². The minimum Gasteiger partial charge on any atom is -0.487 e. The van der Waals surface area contributed by atoms with E-state index in [1.54, 1.807) is 6.33 Å². The predicted molar refractivity (Wildman–Crippen MR) is 84.0 cm³/mol. The molecule has 2 aromatic rings. The zero-order chi connectivity index (χ0) is 15.8. The number of aryl methyl sites for hydroxylation is 2. The number of hydrogen-bond donors (Lipinski definition) is 0. The van der Waals surface area contributed by atoms with Gasteiger partial charge in [0.25, 0.3) is 0 Å². The first-order valence-electron chi connectivity index (χ1n) is 8.08. The molecule has 1 aromatic heterocycles. The average Bonchev–Trinajstić information content (AvgIpc) is 2.97. The molecular weight excluding hydrogens is 292 g/mol. The molecule has 2 aliphatic rings. The van der Waals surface area contributed by atoms with Crippen LogP contribution in [0.5, 0.6) is 5.75 Å². The van der Waals surface area contributed by atoms with Gasteiger partial charge in [-0.2, -0.15) is 5.10 Å². The molecule has 0 spiro atoms. The SMILES string of the molecule is Cc1cccc(OC2CN(C(=O)C3CCc4ncnn4C3)C2)c1. The summed E-state index contributed by atoms with van der Waals surface area (Å²) in [6, 6.07) is 8.03. The van der Waals surface area contributed by atoms with E-state index in [2.05, 4.69) is 10.1 Å². The number of ether oxygens (including phenoxy) is 1. The molecule has 2 aliphatic heterocycles. The average molecular weight is 312 g/mol. The van der Waals surface area contributed by atoms with Crippen LogP contribution in [0.1, 0.15) is 17.8 Å². The van der Waals surface area contributed by atoms with Crippen LogP contribution in [0.4, 0.5) is 0 Å². The van der Waals surface area contributed by atoms with Crippen LogP contribution >= 0.6 is 0 Å². The van der Waals surface area contributed by atoms with E-state index in [9.17, 15) is 4.79 Å². The summed E-state index contributed by atoms with van der Waals surface area (Å²) >= 11 is 0. The van der Waals surface area contributed by atoms with Crippen LogP contribution in [0.3, 0.4) is 0 Å². The Morgan fingerprint density at radius 2 is 2.17 bits per heavy atom. The molecule has 0 bridgehead atoms. The van der Waals surface area contributed by atoms with Crippen LogP contribution in [0, 0.1) is 12.8 Å². The summed E-state index contributed by atoms with van der Waals surface area (Å²) in [5, 5.41) is 4.18. The summed E-state index contributed by atoms with van der Waals surface area (Å²) < 4.78 is 7.78. The normalized spacial score (nSPS) is 20.7. The van der Waals surface area contributed by atoms with Gasteiger partial charge in [-0.1, -0.05) is 12.1 Å². The summed E-state index contributed by atoms with van der Waals surface area (Å²) in [6.45, 7) is 4.04. The number of aromatic nitrogens is 3. The van der Waals surface area contributed by atoms with Crippen LogP contribution in [-0.4, -0.2) is 44.8 Å². The van der Waals surface area contributed by atoms with E-state index in [1.165, 1.54) is 5.56 Å². The topological polar surface area (TPSA) is 60.2 Å². The summed E-state index contributed by atoms with van der Waals surface area (Å²) in [6.07, 6.45) is 3.36. The quantitative estimate of drug-likeness (QED) is 0.860. The van der Waals surface area contributed by atoms with Crippen LogP contribution in [-0.2, 0) is 17.8 Å². The molecule has 3 heterocycles. The van der Waals surface area contributed by atoms with Crippen molar-refractivity contribution >= 4 is 5.91 Å². The third kappa shape index (κ3) is 2.81. The Kier molecular flexibility index (Phi) is 3.52. The van der Waals surface area contributed by atoms with Crippen LogP contribution < -0.4 is 4.74 Å². The van der Waals surface area contributed by atoms with Crippen LogP contribution in [0.2, 0.25) is 0 Å². The fraction of sp³-hybridized carbons (Fsp3) is 0.471. The van der Waals surface area contributed by atoms with Gasteiger partial charge in [0.1, 0.15) is 24.0 Å². The van der Waals surface area contributed by atoms with Crippen molar-refractivity contribution in [3.05, 3.63) is 42.0 Å². The summed E-state index contributed by atoms with van der Waals surface area (Å²) in [7, 11) is 0. The van der Waals surface area contributed by atoms with Gasteiger partial charge in [-0.05, 0) is 31.0 Å².